The van der Waals surface area contributed by atoms with Gasteiger partial charge in [-0.05, 0) is 24.8 Å². The maximum Gasteiger partial charge on any atom is 0.315 e. The number of rotatable bonds is 6. The third-order valence-corrected chi connectivity index (χ3v) is 4.34. The van der Waals surface area contributed by atoms with Crippen molar-refractivity contribution in [2.45, 2.75) is 38.8 Å². The molecule has 0 aliphatic carbocycles. The molecule has 0 aliphatic rings. The van der Waals surface area contributed by atoms with Crippen LogP contribution in [0.5, 0.6) is 0 Å². The lowest BCUT2D eigenvalue weighted by atomic mass is 10.1. The summed E-state index contributed by atoms with van der Waals surface area (Å²) in [6.45, 7) is 5.39. The molecule has 120 valence electrons. The van der Waals surface area contributed by atoms with Crippen LogP contribution in [-0.2, 0) is 5.60 Å². The number of carbonyl (C=O) groups is 1. The van der Waals surface area contributed by atoms with E-state index in [1.54, 1.807) is 13.8 Å². The molecule has 22 heavy (non-hydrogen) atoms. The predicted octanol–water partition coefficient (Wildman–Crippen LogP) is 2.10. The highest BCUT2D eigenvalue weighted by atomic mass is 32.1. The summed E-state index contributed by atoms with van der Waals surface area (Å²) in [6.07, 6.45) is 0.633. The predicted molar refractivity (Wildman–Crippen MR) is 82.5 cm³/mol. The monoisotopic (exact) mass is 324 g/mol. The summed E-state index contributed by atoms with van der Waals surface area (Å²) in [7, 11) is 0. The molecule has 8 heteroatoms. The Morgan fingerprint density at radius 3 is 2.91 bits per heavy atom. The molecule has 0 fully saturated rings. The Hall–Kier alpha value is -1.93. The Morgan fingerprint density at radius 1 is 1.59 bits per heavy atom. The summed E-state index contributed by atoms with van der Waals surface area (Å²) in [5, 5.41) is 21.5. The van der Waals surface area contributed by atoms with Crippen molar-refractivity contribution in [3.05, 3.63) is 34.1 Å². The molecule has 2 aromatic rings. The van der Waals surface area contributed by atoms with Gasteiger partial charge in [0.15, 0.2) is 5.82 Å². The number of aromatic nitrogens is 2. The Balaban J connectivity index is 1.89. The lowest BCUT2D eigenvalue weighted by Gasteiger charge is -2.23. The number of nitrogens with zero attached hydrogens (tertiary/aromatic N) is 2. The van der Waals surface area contributed by atoms with Crippen molar-refractivity contribution >= 4 is 17.4 Å². The number of urea groups is 1. The van der Waals surface area contributed by atoms with E-state index in [4.69, 9.17) is 4.52 Å². The third-order valence-electron chi connectivity index (χ3n) is 3.21. The van der Waals surface area contributed by atoms with Crippen molar-refractivity contribution in [3.8, 4) is 0 Å². The van der Waals surface area contributed by atoms with E-state index >= 15 is 0 Å². The Morgan fingerprint density at radius 2 is 2.36 bits per heavy atom. The number of amides is 2. The fourth-order valence-corrected chi connectivity index (χ4v) is 2.73. The summed E-state index contributed by atoms with van der Waals surface area (Å²) < 4.78 is 4.92. The topological polar surface area (TPSA) is 100 Å². The maximum atomic E-state index is 12.0. The van der Waals surface area contributed by atoms with Crippen LogP contribution in [0.4, 0.5) is 4.79 Å². The highest BCUT2D eigenvalue weighted by molar-refractivity contribution is 7.10. The second-order valence-electron chi connectivity index (χ2n) is 5.21. The van der Waals surface area contributed by atoms with Crippen molar-refractivity contribution in [2.75, 3.05) is 6.54 Å². The number of thiophene rings is 1. The van der Waals surface area contributed by atoms with E-state index < -0.39 is 5.60 Å². The van der Waals surface area contributed by atoms with E-state index in [9.17, 15) is 9.90 Å². The van der Waals surface area contributed by atoms with Crippen LogP contribution in [0.25, 0.3) is 0 Å². The zero-order chi connectivity index (χ0) is 16.2. The molecule has 0 saturated heterocycles. The quantitative estimate of drug-likeness (QED) is 0.755. The van der Waals surface area contributed by atoms with Gasteiger partial charge in [0.1, 0.15) is 5.60 Å². The zero-order valence-electron chi connectivity index (χ0n) is 12.8. The average Bonchev–Trinajstić information content (AvgIpc) is 3.14. The number of hydrogen-bond acceptors (Lipinski definition) is 6. The minimum atomic E-state index is -1.10. The fourth-order valence-electron chi connectivity index (χ4n) is 1.94. The second-order valence-corrected chi connectivity index (χ2v) is 6.16. The van der Waals surface area contributed by atoms with Gasteiger partial charge < -0.3 is 20.3 Å². The van der Waals surface area contributed by atoms with Crippen LogP contribution in [0.2, 0.25) is 0 Å². The van der Waals surface area contributed by atoms with Gasteiger partial charge in [0, 0.05) is 11.8 Å². The van der Waals surface area contributed by atoms with E-state index in [1.165, 1.54) is 11.3 Å². The van der Waals surface area contributed by atoms with E-state index in [-0.39, 0.29) is 18.6 Å². The summed E-state index contributed by atoms with van der Waals surface area (Å²) in [5.74, 6) is 0.899. The van der Waals surface area contributed by atoms with Gasteiger partial charge in [-0.2, -0.15) is 4.98 Å². The van der Waals surface area contributed by atoms with Gasteiger partial charge in [0.25, 0.3) is 0 Å². The van der Waals surface area contributed by atoms with Crippen molar-refractivity contribution < 1.29 is 14.4 Å². The summed E-state index contributed by atoms with van der Waals surface area (Å²) in [5.41, 5.74) is -1.10. The molecule has 0 saturated carbocycles. The number of aliphatic hydroxyl groups is 1. The smallest absolute Gasteiger partial charge is 0.315 e. The molecule has 2 aromatic heterocycles. The summed E-state index contributed by atoms with van der Waals surface area (Å²) in [6, 6.07) is 2.98. The van der Waals surface area contributed by atoms with Gasteiger partial charge in [0.05, 0.1) is 12.6 Å². The zero-order valence-corrected chi connectivity index (χ0v) is 13.6. The van der Waals surface area contributed by atoms with E-state index in [2.05, 4.69) is 20.8 Å². The highest BCUT2D eigenvalue weighted by Crippen LogP contribution is 2.24. The molecule has 0 spiro atoms. The highest BCUT2D eigenvalue weighted by Gasteiger charge is 2.25. The first-order valence-corrected chi connectivity index (χ1v) is 7.91. The van der Waals surface area contributed by atoms with Crippen LogP contribution < -0.4 is 10.6 Å². The molecule has 3 N–H and O–H groups in total. The standard InChI is InChI=1S/C14H20N4O3S/c1-4-10(12-16-9(2)21-18-12)17-13(19)15-8-14(3,20)11-6-5-7-22-11/h5-7,10,20H,4,8H2,1-3H3,(H2,15,17,19). The van der Waals surface area contributed by atoms with Gasteiger partial charge >= 0.3 is 6.03 Å². The average molecular weight is 324 g/mol. The fraction of sp³-hybridized carbons (Fsp3) is 0.500. The number of nitrogens with one attached hydrogen (secondary N) is 2. The van der Waals surface area contributed by atoms with Crippen molar-refractivity contribution in [1.82, 2.24) is 20.8 Å². The number of carbonyl (C=O) groups excluding carboxylic acids is 1. The number of hydrogen-bond donors (Lipinski definition) is 3. The lowest BCUT2D eigenvalue weighted by Crippen LogP contribution is -2.44. The molecule has 0 aromatic carbocycles. The van der Waals surface area contributed by atoms with E-state index in [0.717, 1.165) is 4.88 Å². The van der Waals surface area contributed by atoms with Gasteiger partial charge in [-0.3, -0.25) is 0 Å². The molecule has 7 nitrogen and oxygen atoms in total. The molecule has 0 aliphatic heterocycles. The maximum absolute atomic E-state index is 12.0. The second kappa shape index (κ2) is 6.89. The minimum absolute atomic E-state index is 0.112. The Kier molecular flexibility index (Phi) is 5.15. The molecule has 2 unspecified atom stereocenters. The SMILES string of the molecule is CCC(NC(=O)NCC(C)(O)c1cccs1)c1noc(C)n1. The van der Waals surface area contributed by atoms with Crippen LogP contribution in [0.3, 0.4) is 0 Å². The van der Waals surface area contributed by atoms with Crippen LogP contribution in [0.15, 0.2) is 22.0 Å². The van der Waals surface area contributed by atoms with Gasteiger partial charge in [-0.1, -0.05) is 18.1 Å². The molecule has 2 atom stereocenters. The van der Waals surface area contributed by atoms with Gasteiger partial charge in [-0.25, -0.2) is 4.79 Å². The van der Waals surface area contributed by atoms with E-state index in [0.29, 0.717) is 18.1 Å². The largest absolute Gasteiger partial charge is 0.383 e. The van der Waals surface area contributed by atoms with Crippen LogP contribution >= 0.6 is 11.3 Å². The Labute approximate surface area is 132 Å². The first kappa shape index (κ1) is 16.4. The summed E-state index contributed by atoms with van der Waals surface area (Å²) in [4.78, 5) is 16.9. The Bertz CT molecular complexity index is 609. The normalized spacial score (nSPS) is 15.1. The minimum Gasteiger partial charge on any atom is -0.383 e. The van der Waals surface area contributed by atoms with Crippen LogP contribution in [0, 0.1) is 6.92 Å². The first-order valence-electron chi connectivity index (χ1n) is 7.03. The molecule has 2 rings (SSSR count). The number of aryl methyl sites for hydroxylation is 1. The van der Waals surface area contributed by atoms with Crippen LogP contribution in [-0.4, -0.2) is 27.8 Å². The van der Waals surface area contributed by atoms with Gasteiger partial charge in [0.2, 0.25) is 5.89 Å². The summed E-state index contributed by atoms with van der Waals surface area (Å²) >= 11 is 1.45. The molecule has 0 radical (unpaired) electrons. The lowest BCUT2D eigenvalue weighted by molar-refractivity contribution is 0.0630. The van der Waals surface area contributed by atoms with E-state index in [1.807, 2.05) is 24.4 Å². The molecular weight excluding hydrogens is 304 g/mol. The first-order chi connectivity index (χ1) is 10.4. The van der Waals surface area contributed by atoms with Gasteiger partial charge in [-0.15, -0.1) is 11.3 Å². The van der Waals surface area contributed by atoms with Crippen molar-refractivity contribution in [2.24, 2.45) is 0 Å². The molecule has 2 heterocycles. The molecule has 2 amide bonds. The molecule has 0 bridgehead atoms. The third kappa shape index (κ3) is 4.05. The van der Waals surface area contributed by atoms with Crippen molar-refractivity contribution in [1.29, 1.82) is 0 Å². The van der Waals surface area contributed by atoms with Crippen LogP contribution in [0.1, 0.15) is 42.9 Å². The van der Waals surface area contributed by atoms with Crippen molar-refractivity contribution in [3.63, 3.8) is 0 Å². The molecular formula is C14H20N4O3S.